The van der Waals surface area contributed by atoms with Crippen molar-refractivity contribution >= 4 is 49.8 Å². The molecule has 48 heavy (non-hydrogen) atoms. The van der Waals surface area contributed by atoms with Crippen LogP contribution in [0.1, 0.15) is 5.48 Å². The van der Waals surface area contributed by atoms with E-state index in [1.165, 1.54) is 0 Å². The lowest BCUT2D eigenvalue weighted by atomic mass is 9.93. The third kappa shape index (κ3) is 4.83. The van der Waals surface area contributed by atoms with Crippen LogP contribution in [0.2, 0.25) is 0 Å². The summed E-state index contributed by atoms with van der Waals surface area (Å²) < 4.78 is 43.8. The van der Waals surface area contributed by atoms with E-state index in [4.69, 9.17) is 4.42 Å². The standard InChI is InChI=1S/C46H31NO/c1-3-13-32(14-4-1)34-23-27-36(28-24-34)47(37-29-25-35(26-30-37)33-15-5-2-6-16-33)44-21-11-9-18-39(44)42-31-43-40-19-10-12-22-45(40)48-46(43)41-20-8-7-17-38(41)42/h1-31H/i23D,24D,27D,28D. The third-order valence-corrected chi connectivity index (χ3v) is 8.95. The maximum atomic E-state index is 9.47. The van der Waals surface area contributed by atoms with Gasteiger partial charge in [-0.05, 0) is 75.6 Å². The molecule has 0 radical (unpaired) electrons. The van der Waals surface area contributed by atoms with Crippen molar-refractivity contribution in [2.75, 3.05) is 4.90 Å². The molecule has 0 saturated carbocycles. The number of anilines is 3. The van der Waals surface area contributed by atoms with Crippen LogP contribution in [0.15, 0.2) is 192 Å². The Hall–Kier alpha value is -6.38. The van der Waals surface area contributed by atoms with E-state index in [9.17, 15) is 5.48 Å². The number of hydrogen-bond acceptors (Lipinski definition) is 2. The van der Waals surface area contributed by atoms with Crippen molar-refractivity contribution in [2.24, 2.45) is 0 Å². The highest BCUT2D eigenvalue weighted by atomic mass is 16.3. The van der Waals surface area contributed by atoms with Crippen LogP contribution < -0.4 is 4.90 Å². The molecule has 0 fully saturated rings. The van der Waals surface area contributed by atoms with Crippen molar-refractivity contribution < 1.29 is 9.90 Å². The van der Waals surface area contributed by atoms with Crippen molar-refractivity contribution in [2.45, 2.75) is 0 Å². The zero-order valence-electron chi connectivity index (χ0n) is 29.9. The van der Waals surface area contributed by atoms with E-state index in [1.54, 1.807) is 0 Å². The molecule has 0 atom stereocenters. The van der Waals surface area contributed by atoms with Crippen LogP contribution in [-0.2, 0) is 0 Å². The molecule has 0 aliphatic carbocycles. The fraction of sp³-hybridized carbons (Fsp3) is 0. The van der Waals surface area contributed by atoms with Gasteiger partial charge in [0.2, 0.25) is 0 Å². The molecule has 9 rings (SSSR count). The number of hydrogen-bond donors (Lipinski definition) is 0. The van der Waals surface area contributed by atoms with Crippen molar-refractivity contribution in [3.63, 3.8) is 0 Å². The molecule has 0 aliphatic heterocycles. The first-order chi connectivity index (χ1) is 25.5. The molecule has 226 valence electrons. The predicted molar refractivity (Wildman–Crippen MR) is 202 cm³/mol. The first-order valence-corrected chi connectivity index (χ1v) is 16.0. The zero-order valence-corrected chi connectivity index (χ0v) is 25.9. The molecule has 0 aliphatic rings. The van der Waals surface area contributed by atoms with Crippen LogP contribution in [0.25, 0.3) is 66.1 Å². The molecule has 2 heteroatoms. The number of nitrogens with zero attached hydrogens (tertiary/aromatic N) is 1. The molecule has 2 nitrogen and oxygen atoms in total. The van der Waals surface area contributed by atoms with Crippen LogP contribution in [0.3, 0.4) is 0 Å². The summed E-state index contributed by atoms with van der Waals surface area (Å²) >= 11 is 0. The molecule has 0 amide bonds. The lowest BCUT2D eigenvalue weighted by Crippen LogP contribution is -2.11. The number of furan rings is 1. The molecule has 1 heterocycles. The Balaban J connectivity index is 1.33. The summed E-state index contributed by atoms with van der Waals surface area (Å²) in [6.07, 6.45) is 0. The van der Waals surface area contributed by atoms with E-state index in [1.807, 2.05) is 126 Å². The van der Waals surface area contributed by atoms with Gasteiger partial charge in [-0.25, -0.2) is 0 Å². The normalized spacial score (nSPS) is 12.5. The Morgan fingerprint density at radius 2 is 0.958 bits per heavy atom. The van der Waals surface area contributed by atoms with Crippen molar-refractivity contribution in [3.05, 3.63) is 188 Å². The second-order valence-electron chi connectivity index (χ2n) is 11.8. The molecular formula is C46H31NO. The first kappa shape index (κ1) is 23.9. The lowest BCUT2D eigenvalue weighted by molar-refractivity contribution is 0.672. The quantitative estimate of drug-likeness (QED) is 0.185. The average molecular weight is 618 g/mol. The third-order valence-electron chi connectivity index (χ3n) is 8.95. The monoisotopic (exact) mass is 617 g/mol. The minimum absolute atomic E-state index is 0.0951. The van der Waals surface area contributed by atoms with E-state index in [2.05, 4.69) is 42.5 Å². The van der Waals surface area contributed by atoms with Crippen LogP contribution in [0.5, 0.6) is 0 Å². The van der Waals surface area contributed by atoms with Crippen LogP contribution >= 0.6 is 0 Å². The van der Waals surface area contributed by atoms with Gasteiger partial charge in [-0.2, -0.15) is 0 Å². The Morgan fingerprint density at radius 3 is 1.69 bits per heavy atom. The zero-order chi connectivity index (χ0) is 35.3. The number of benzene rings is 8. The van der Waals surface area contributed by atoms with Gasteiger partial charge in [0, 0.05) is 33.1 Å². The Bertz CT molecular complexity index is 2750. The van der Waals surface area contributed by atoms with Gasteiger partial charge in [-0.1, -0.05) is 146 Å². The molecule has 0 saturated heterocycles. The summed E-state index contributed by atoms with van der Waals surface area (Å²) in [7, 11) is 0. The average Bonchev–Trinajstić information content (AvgIpc) is 3.58. The maximum absolute atomic E-state index is 9.47. The number of rotatable bonds is 6. The summed E-state index contributed by atoms with van der Waals surface area (Å²) in [6, 6.07) is 53.4. The highest BCUT2D eigenvalue weighted by Gasteiger charge is 2.21. The fourth-order valence-electron chi connectivity index (χ4n) is 6.66. The van der Waals surface area contributed by atoms with E-state index < -0.39 is 0 Å². The topological polar surface area (TPSA) is 16.4 Å². The van der Waals surface area contributed by atoms with Gasteiger partial charge >= 0.3 is 0 Å². The second-order valence-corrected chi connectivity index (χ2v) is 11.8. The molecular weight excluding hydrogens is 583 g/mol. The van der Waals surface area contributed by atoms with Gasteiger partial charge in [0.15, 0.2) is 0 Å². The summed E-state index contributed by atoms with van der Waals surface area (Å²) in [5.74, 6) is 0. The van der Waals surface area contributed by atoms with Gasteiger partial charge < -0.3 is 9.32 Å². The SMILES string of the molecule is [2H]c1c([2H])c(N(c2ccc(-c3ccccc3)cc2)c2ccccc2-c2cc3c4ccccc4oc3c3ccccc23)c([2H])c([2H])c1-c1ccccc1. The van der Waals surface area contributed by atoms with Gasteiger partial charge in [0.1, 0.15) is 11.2 Å². The minimum Gasteiger partial charge on any atom is -0.455 e. The lowest BCUT2D eigenvalue weighted by Gasteiger charge is -2.28. The summed E-state index contributed by atoms with van der Waals surface area (Å²) in [5.41, 5.74) is 8.10. The summed E-state index contributed by atoms with van der Waals surface area (Å²) in [6.45, 7) is 0. The largest absolute Gasteiger partial charge is 0.455 e. The van der Waals surface area contributed by atoms with E-state index in [-0.39, 0.29) is 35.4 Å². The van der Waals surface area contributed by atoms with Gasteiger partial charge in [0.05, 0.1) is 11.2 Å². The molecule has 8 aromatic carbocycles. The molecule has 0 N–H and O–H groups in total. The summed E-state index contributed by atoms with van der Waals surface area (Å²) in [5, 5.41) is 4.00. The Kier molecular flexibility index (Phi) is 5.85. The van der Waals surface area contributed by atoms with E-state index in [0.29, 0.717) is 11.3 Å². The molecule has 0 spiro atoms. The van der Waals surface area contributed by atoms with Crippen LogP contribution in [0, 0.1) is 0 Å². The number of para-hydroxylation sites is 2. The van der Waals surface area contributed by atoms with E-state index >= 15 is 0 Å². The van der Waals surface area contributed by atoms with Crippen LogP contribution in [-0.4, -0.2) is 0 Å². The molecule has 0 bridgehead atoms. The maximum Gasteiger partial charge on any atom is 0.143 e. The molecule has 9 aromatic rings. The fourth-order valence-corrected chi connectivity index (χ4v) is 6.66. The highest BCUT2D eigenvalue weighted by molar-refractivity contribution is 6.19. The van der Waals surface area contributed by atoms with Gasteiger partial charge in [0.25, 0.3) is 0 Å². The van der Waals surface area contributed by atoms with Gasteiger partial charge in [-0.15, -0.1) is 0 Å². The number of fused-ring (bicyclic) bond motifs is 5. The summed E-state index contributed by atoms with van der Waals surface area (Å²) in [4.78, 5) is 1.88. The minimum atomic E-state index is -0.122. The van der Waals surface area contributed by atoms with Crippen molar-refractivity contribution in [1.82, 2.24) is 0 Å². The van der Waals surface area contributed by atoms with E-state index in [0.717, 1.165) is 60.7 Å². The molecule has 1 aromatic heterocycles. The highest BCUT2D eigenvalue weighted by Crippen LogP contribution is 2.46. The van der Waals surface area contributed by atoms with Crippen molar-refractivity contribution in [3.8, 4) is 33.4 Å². The first-order valence-electron chi connectivity index (χ1n) is 18.0. The Morgan fingerprint density at radius 1 is 0.396 bits per heavy atom. The second kappa shape index (κ2) is 11.8. The molecule has 0 unspecified atom stereocenters. The predicted octanol–water partition coefficient (Wildman–Crippen LogP) is 13.2. The smallest absolute Gasteiger partial charge is 0.143 e. The van der Waals surface area contributed by atoms with Gasteiger partial charge in [-0.3, -0.25) is 0 Å². The van der Waals surface area contributed by atoms with Crippen molar-refractivity contribution in [1.29, 1.82) is 0 Å². The Labute approximate surface area is 285 Å². The van der Waals surface area contributed by atoms with Crippen LogP contribution in [0.4, 0.5) is 17.1 Å².